The van der Waals surface area contributed by atoms with Gasteiger partial charge in [0.1, 0.15) is 5.78 Å². The third kappa shape index (κ3) is 1.32. The quantitative estimate of drug-likeness (QED) is 0.530. The second kappa shape index (κ2) is 1.88. The first kappa shape index (κ1) is 5.80. The highest BCUT2D eigenvalue weighted by molar-refractivity contribution is 5.76. The summed E-state index contributed by atoms with van der Waals surface area (Å²) >= 11 is 0. The first-order valence-corrected chi connectivity index (χ1v) is 3.19. The minimum atomic E-state index is 0.347. The molecule has 0 N–H and O–H groups in total. The van der Waals surface area contributed by atoms with E-state index in [1.165, 1.54) is 6.42 Å². The van der Waals surface area contributed by atoms with Gasteiger partial charge >= 0.3 is 0 Å². The topological polar surface area (TPSA) is 17.1 Å². The van der Waals surface area contributed by atoms with E-state index in [4.69, 9.17) is 0 Å². The van der Waals surface area contributed by atoms with Crippen LogP contribution in [0, 0.1) is 11.8 Å². The van der Waals surface area contributed by atoms with E-state index in [9.17, 15) is 4.79 Å². The summed E-state index contributed by atoms with van der Waals surface area (Å²) in [5.41, 5.74) is 0. The van der Waals surface area contributed by atoms with E-state index < -0.39 is 0 Å². The molecule has 8 heavy (non-hydrogen) atoms. The number of Topliss-reactive ketones (excluding diaryl/α,β-unsaturated/α-hetero) is 1. The summed E-state index contributed by atoms with van der Waals surface area (Å²) in [5.74, 6) is 1.92. The highest BCUT2D eigenvalue weighted by Gasteiger charge is 2.32. The largest absolute Gasteiger partial charge is 0.300 e. The lowest BCUT2D eigenvalue weighted by Gasteiger charge is -1.86. The Bertz CT molecular complexity index is 107. The summed E-state index contributed by atoms with van der Waals surface area (Å²) < 4.78 is 0. The van der Waals surface area contributed by atoms with Crippen molar-refractivity contribution in [2.75, 3.05) is 0 Å². The third-order valence-electron chi connectivity index (χ3n) is 1.83. The SMILES string of the molecule is CC(=O)C[C@H]1C[C@H]1C. The van der Waals surface area contributed by atoms with E-state index in [0.29, 0.717) is 5.78 Å². The molecule has 0 saturated heterocycles. The van der Waals surface area contributed by atoms with Gasteiger partial charge in [-0.25, -0.2) is 0 Å². The molecule has 0 amide bonds. The van der Waals surface area contributed by atoms with E-state index in [0.717, 1.165) is 18.3 Å². The molecule has 1 rings (SSSR count). The molecule has 1 heteroatoms. The van der Waals surface area contributed by atoms with Crippen molar-refractivity contribution in [3.8, 4) is 0 Å². The fourth-order valence-corrected chi connectivity index (χ4v) is 1.05. The van der Waals surface area contributed by atoms with Crippen molar-refractivity contribution in [3.63, 3.8) is 0 Å². The zero-order valence-corrected chi connectivity index (χ0v) is 5.48. The number of ketones is 1. The Labute approximate surface area is 50.1 Å². The molecule has 0 bridgehead atoms. The van der Waals surface area contributed by atoms with E-state index in [2.05, 4.69) is 6.92 Å². The van der Waals surface area contributed by atoms with Crippen LogP contribution < -0.4 is 0 Å². The molecule has 0 heterocycles. The molecule has 0 aromatic carbocycles. The maximum atomic E-state index is 10.4. The fourth-order valence-electron chi connectivity index (χ4n) is 1.05. The van der Waals surface area contributed by atoms with Crippen molar-refractivity contribution < 1.29 is 4.79 Å². The van der Waals surface area contributed by atoms with Gasteiger partial charge in [-0.15, -0.1) is 0 Å². The highest BCUT2D eigenvalue weighted by Crippen LogP contribution is 2.40. The van der Waals surface area contributed by atoms with E-state index in [1.54, 1.807) is 6.92 Å². The molecule has 1 nitrogen and oxygen atoms in total. The van der Waals surface area contributed by atoms with Crippen LogP contribution in [0.15, 0.2) is 0 Å². The number of carbonyl (C=O) groups excluding carboxylic acids is 1. The summed E-state index contributed by atoms with van der Waals surface area (Å²) in [6.07, 6.45) is 2.10. The zero-order valence-electron chi connectivity index (χ0n) is 5.48. The second-order valence-corrected chi connectivity index (χ2v) is 2.88. The van der Waals surface area contributed by atoms with Gasteiger partial charge in [-0.2, -0.15) is 0 Å². The van der Waals surface area contributed by atoms with Gasteiger partial charge in [-0.3, -0.25) is 0 Å². The van der Waals surface area contributed by atoms with Crippen molar-refractivity contribution in [2.45, 2.75) is 26.7 Å². The van der Waals surface area contributed by atoms with Gasteiger partial charge in [0.25, 0.3) is 0 Å². The Kier molecular flexibility index (Phi) is 1.37. The monoisotopic (exact) mass is 112 g/mol. The normalized spacial score (nSPS) is 34.8. The summed E-state index contributed by atoms with van der Waals surface area (Å²) in [6.45, 7) is 3.87. The minimum Gasteiger partial charge on any atom is -0.300 e. The molecule has 0 aromatic rings. The van der Waals surface area contributed by atoms with Gasteiger partial charge < -0.3 is 4.79 Å². The van der Waals surface area contributed by atoms with E-state index in [1.807, 2.05) is 0 Å². The highest BCUT2D eigenvalue weighted by atomic mass is 16.1. The maximum Gasteiger partial charge on any atom is 0.130 e. The summed E-state index contributed by atoms with van der Waals surface area (Å²) in [7, 11) is 0. The Morgan fingerprint density at radius 2 is 2.25 bits per heavy atom. The number of hydrogen-bond donors (Lipinski definition) is 0. The van der Waals surface area contributed by atoms with Gasteiger partial charge in [0.15, 0.2) is 0 Å². The fraction of sp³-hybridized carbons (Fsp3) is 0.857. The molecule has 1 aliphatic rings. The molecule has 2 atom stereocenters. The van der Waals surface area contributed by atoms with Crippen LogP contribution in [0.4, 0.5) is 0 Å². The average Bonchev–Trinajstić information content (AvgIpc) is 2.17. The molecule has 1 fully saturated rings. The smallest absolute Gasteiger partial charge is 0.130 e. The lowest BCUT2D eigenvalue weighted by Crippen LogP contribution is -1.90. The van der Waals surface area contributed by atoms with Gasteiger partial charge in [0.05, 0.1) is 0 Å². The zero-order chi connectivity index (χ0) is 6.15. The number of hydrogen-bond acceptors (Lipinski definition) is 1. The van der Waals surface area contributed by atoms with Crippen LogP contribution in [0.3, 0.4) is 0 Å². The average molecular weight is 112 g/mol. The Balaban J connectivity index is 2.14. The van der Waals surface area contributed by atoms with Crippen LogP contribution in [0.5, 0.6) is 0 Å². The first-order valence-electron chi connectivity index (χ1n) is 3.19. The van der Waals surface area contributed by atoms with Crippen LogP contribution in [0.2, 0.25) is 0 Å². The van der Waals surface area contributed by atoms with Crippen LogP contribution in [-0.4, -0.2) is 5.78 Å². The van der Waals surface area contributed by atoms with Crippen molar-refractivity contribution in [2.24, 2.45) is 11.8 Å². The van der Waals surface area contributed by atoms with Crippen LogP contribution in [-0.2, 0) is 4.79 Å². The van der Waals surface area contributed by atoms with Gasteiger partial charge in [-0.05, 0) is 25.2 Å². The molecule has 1 aliphatic carbocycles. The van der Waals surface area contributed by atoms with Crippen LogP contribution in [0.25, 0.3) is 0 Å². The summed E-state index contributed by atoms with van der Waals surface area (Å²) in [4.78, 5) is 10.4. The Hall–Kier alpha value is -0.330. The van der Waals surface area contributed by atoms with E-state index >= 15 is 0 Å². The number of carbonyl (C=O) groups is 1. The lowest BCUT2D eigenvalue weighted by molar-refractivity contribution is -0.117. The molecular weight excluding hydrogens is 100 g/mol. The predicted octanol–water partition coefficient (Wildman–Crippen LogP) is 1.62. The molecule has 46 valence electrons. The molecule has 0 aliphatic heterocycles. The molecule has 0 aromatic heterocycles. The summed E-state index contributed by atoms with van der Waals surface area (Å²) in [5, 5.41) is 0. The first-order chi connectivity index (χ1) is 3.70. The van der Waals surface area contributed by atoms with Crippen molar-refractivity contribution in [1.82, 2.24) is 0 Å². The van der Waals surface area contributed by atoms with Gasteiger partial charge in [0.2, 0.25) is 0 Å². The van der Waals surface area contributed by atoms with Crippen molar-refractivity contribution in [3.05, 3.63) is 0 Å². The molecule has 0 unspecified atom stereocenters. The predicted molar refractivity (Wildman–Crippen MR) is 32.6 cm³/mol. The van der Waals surface area contributed by atoms with Crippen molar-refractivity contribution in [1.29, 1.82) is 0 Å². The van der Waals surface area contributed by atoms with Crippen LogP contribution in [0.1, 0.15) is 26.7 Å². The lowest BCUT2D eigenvalue weighted by atomic mass is 10.2. The molecule has 0 spiro atoms. The summed E-state index contributed by atoms with van der Waals surface area (Å²) in [6, 6.07) is 0. The Morgan fingerprint density at radius 1 is 1.75 bits per heavy atom. The molecule has 0 radical (unpaired) electrons. The number of rotatable bonds is 2. The second-order valence-electron chi connectivity index (χ2n) is 2.88. The van der Waals surface area contributed by atoms with Gasteiger partial charge in [-0.1, -0.05) is 6.92 Å². The van der Waals surface area contributed by atoms with Crippen molar-refractivity contribution >= 4 is 5.78 Å². The third-order valence-corrected chi connectivity index (χ3v) is 1.83. The Morgan fingerprint density at radius 3 is 2.38 bits per heavy atom. The minimum absolute atomic E-state index is 0.347. The standard InChI is InChI=1S/C7H12O/c1-5-3-7(5)4-6(2)8/h5,7H,3-4H2,1-2H3/t5-,7-/m1/s1. The van der Waals surface area contributed by atoms with E-state index in [-0.39, 0.29) is 0 Å². The molecular formula is C7H12O. The van der Waals surface area contributed by atoms with Gasteiger partial charge in [0, 0.05) is 6.42 Å². The maximum absolute atomic E-state index is 10.4. The van der Waals surface area contributed by atoms with Crippen LogP contribution >= 0.6 is 0 Å². The molecule has 1 saturated carbocycles.